The van der Waals surface area contributed by atoms with Gasteiger partial charge in [0, 0.05) is 24.7 Å². The van der Waals surface area contributed by atoms with Crippen molar-refractivity contribution in [1.29, 1.82) is 0 Å². The maximum absolute atomic E-state index is 12.7. The fraction of sp³-hybridized carbons (Fsp3) is 0.412. The molecule has 2 aromatic rings. The van der Waals surface area contributed by atoms with E-state index in [1.165, 1.54) is 0 Å². The predicted octanol–water partition coefficient (Wildman–Crippen LogP) is 3.44. The lowest BCUT2D eigenvalue weighted by molar-refractivity contribution is 0.0742. The van der Waals surface area contributed by atoms with Gasteiger partial charge < -0.3 is 10.6 Å². The fourth-order valence-electron chi connectivity index (χ4n) is 2.40. The zero-order valence-corrected chi connectivity index (χ0v) is 15.6. The summed E-state index contributed by atoms with van der Waals surface area (Å²) < 4.78 is 0. The second-order valence-electron chi connectivity index (χ2n) is 6.36. The molecule has 128 valence electrons. The predicted molar refractivity (Wildman–Crippen MR) is 101 cm³/mol. The summed E-state index contributed by atoms with van der Waals surface area (Å²) in [5.41, 5.74) is 7.97. The molecular formula is C17H25Cl2N3O. The van der Waals surface area contributed by atoms with Crippen molar-refractivity contribution in [2.45, 2.75) is 20.8 Å². The van der Waals surface area contributed by atoms with Gasteiger partial charge >= 0.3 is 0 Å². The number of para-hydroxylation sites is 1. The number of hydrogen-bond acceptors (Lipinski definition) is 3. The molecule has 1 heterocycles. The van der Waals surface area contributed by atoms with Crippen LogP contribution in [-0.2, 0) is 0 Å². The maximum atomic E-state index is 12.7. The van der Waals surface area contributed by atoms with Crippen molar-refractivity contribution in [1.82, 2.24) is 9.88 Å². The first kappa shape index (κ1) is 21.6. The van der Waals surface area contributed by atoms with E-state index >= 15 is 0 Å². The number of hydrogen-bond donors (Lipinski definition) is 1. The summed E-state index contributed by atoms with van der Waals surface area (Å²) in [4.78, 5) is 19.0. The Morgan fingerprint density at radius 3 is 2.48 bits per heavy atom. The molecule has 0 spiro atoms. The van der Waals surface area contributed by atoms with Crippen LogP contribution in [0, 0.1) is 12.3 Å². The Hall–Kier alpha value is -1.36. The molecule has 2 N–H and O–H groups in total. The molecule has 1 aromatic heterocycles. The van der Waals surface area contributed by atoms with E-state index in [0.717, 1.165) is 16.6 Å². The lowest BCUT2D eigenvalue weighted by Gasteiger charge is -2.29. The first-order valence-corrected chi connectivity index (χ1v) is 7.16. The summed E-state index contributed by atoms with van der Waals surface area (Å²) in [5, 5.41) is 0.984. The van der Waals surface area contributed by atoms with Crippen LogP contribution in [0.4, 0.5) is 0 Å². The summed E-state index contributed by atoms with van der Waals surface area (Å²) in [6.07, 6.45) is 0. The highest BCUT2D eigenvalue weighted by Gasteiger charge is 2.23. The number of nitrogens with two attached hydrogens (primary N) is 1. The van der Waals surface area contributed by atoms with Crippen LogP contribution >= 0.6 is 24.8 Å². The summed E-state index contributed by atoms with van der Waals surface area (Å²) in [7, 11) is 1.81. The van der Waals surface area contributed by atoms with E-state index in [9.17, 15) is 4.79 Å². The summed E-state index contributed by atoms with van der Waals surface area (Å²) >= 11 is 0. The smallest absolute Gasteiger partial charge is 0.255 e. The topological polar surface area (TPSA) is 59.2 Å². The highest BCUT2D eigenvalue weighted by atomic mass is 35.5. The lowest BCUT2D eigenvalue weighted by Crippen LogP contribution is -2.39. The maximum Gasteiger partial charge on any atom is 0.255 e. The molecule has 0 aliphatic heterocycles. The third-order valence-corrected chi connectivity index (χ3v) is 3.65. The van der Waals surface area contributed by atoms with Crippen molar-refractivity contribution in [2.24, 2.45) is 11.1 Å². The number of amides is 1. The van der Waals surface area contributed by atoms with Crippen LogP contribution in [0.15, 0.2) is 30.3 Å². The Labute approximate surface area is 150 Å². The number of halogens is 2. The number of fused-ring (bicyclic) bond motifs is 1. The molecule has 0 bridgehead atoms. The molecule has 0 aliphatic rings. The number of pyridine rings is 1. The molecular weight excluding hydrogens is 333 g/mol. The van der Waals surface area contributed by atoms with Gasteiger partial charge in [0.25, 0.3) is 5.91 Å². The van der Waals surface area contributed by atoms with Gasteiger partial charge in [-0.3, -0.25) is 9.78 Å². The number of carbonyl (C=O) groups excluding carboxylic acids is 1. The Kier molecular flexibility index (Phi) is 7.98. The number of carbonyl (C=O) groups is 1. The highest BCUT2D eigenvalue weighted by Crippen LogP contribution is 2.21. The lowest BCUT2D eigenvalue weighted by atomic mass is 9.93. The summed E-state index contributed by atoms with van der Waals surface area (Å²) in [6, 6.07) is 9.66. The largest absolute Gasteiger partial charge is 0.341 e. The number of aromatic nitrogens is 1. The molecule has 1 amide bonds. The normalized spacial score (nSPS) is 10.7. The van der Waals surface area contributed by atoms with Crippen molar-refractivity contribution in [2.75, 3.05) is 20.1 Å². The average Bonchev–Trinajstić information content (AvgIpc) is 2.45. The zero-order valence-electron chi connectivity index (χ0n) is 14.0. The van der Waals surface area contributed by atoms with Crippen LogP contribution in [0.1, 0.15) is 29.9 Å². The van der Waals surface area contributed by atoms with Gasteiger partial charge in [-0.25, -0.2) is 0 Å². The SMILES string of the molecule is Cc1ccc2cccc(C(=O)N(C)CC(C)(C)CN)c2n1.Cl.Cl. The number of aryl methyl sites for hydroxylation is 1. The monoisotopic (exact) mass is 357 g/mol. The molecule has 0 unspecified atom stereocenters. The van der Waals surface area contributed by atoms with Crippen LogP contribution in [-0.4, -0.2) is 35.9 Å². The Balaban J connectivity index is 0.00000242. The number of rotatable bonds is 4. The first-order valence-electron chi connectivity index (χ1n) is 7.16. The summed E-state index contributed by atoms with van der Waals surface area (Å²) in [5.74, 6) is -0.0137. The highest BCUT2D eigenvalue weighted by molar-refractivity contribution is 6.05. The minimum Gasteiger partial charge on any atom is -0.341 e. The molecule has 2 rings (SSSR count). The van der Waals surface area contributed by atoms with Crippen LogP contribution < -0.4 is 5.73 Å². The molecule has 1 aromatic carbocycles. The van der Waals surface area contributed by atoms with Crippen LogP contribution in [0.2, 0.25) is 0 Å². The van der Waals surface area contributed by atoms with Gasteiger partial charge in [-0.05, 0) is 31.0 Å². The third kappa shape index (κ3) is 5.06. The minimum atomic E-state index is -0.0989. The molecule has 0 aliphatic carbocycles. The summed E-state index contributed by atoms with van der Waals surface area (Å²) in [6.45, 7) is 7.20. The van der Waals surface area contributed by atoms with Gasteiger partial charge in [0.2, 0.25) is 0 Å². The molecule has 0 fully saturated rings. The van der Waals surface area contributed by atoms with Crippen molar-refractivity contribution < 1.29 is 4.79 Å². The van der Waals surface area contributed by atoms with Crippen molar-refractivity contribution in [3.63, 3.8) is 0 Å². The van der Waals surface area contributed by atoms with E-state index in [1.807, 2.05) is 44.3 Å². The number of nitrogens with zero attached hydrogens (tertiary/aromatic N) is 2. The average molecular weight is 358 g/mol. The Bertz CT molecular complexity index is 674. The number of benzene rings is 1. The standard InChI is InChI=1S/C17H23N3O.2ClH/c1-12-8-9-13-6-5-7-14(15(13)19-12)16(21)20(4)11-17(2,3)10-18;;/h5-9H,10-11,18H2,1-4H3;2*1H. The van der Waals surface area contributed by atoms with Crippen molar-refractivity contribution in [3.8, 4) is 0 Å². The Morgan fingerprint density at radius 2 is 1.87 bits per heavy atom. The van der Waals surface area contributed by atoms with E-state index in [0.29, 0.717) is 18.7 Å². The molecule has 0 saturated heterocycles. The van der Waals surface area contributed by atoms with Crippen molar-refractivity contribution in [3.05, 3.63) is 41.6 Å². The van der Waals surface area contributed by atoms with Crippen LogP contribution in [0.3, 0.4) is 0 Å². The molecule has 0 radical (unpaired) electrons. The molecule has 0 saturated carbocycles. The van der Waals surface area contributed by atoms with E-state index in [-0.39, 0.29) is 36.1 Å². The first-order chi connectivity index (χ1) is 9.84. The zero-order chi connectivity index (χ0) is 15.6. The molecule has 0 atom stereocenters. The van der Waals surface area contributed by atoms with Crippen LogP contribution in [0.25, 0.3) is 10.9 Å². The third-order valence-electron chi connectivity index (χ3n) is 3.65. The Morgan fingerprint density at radius 1 is 1.22 bits per heavy atom. The van der Waals surface area contributed by atoms with Gasteiger partial charge in [-0.15, -0.1) is 24.8 Å². The van der Waals surface area contributed by atoms with Crippen LogP contribution in [0.5, 0.6) is 0 Å². The van der Waals surface area contributed by atoms with E-state index in [4.69, 9.17) is 5.73 Å². The van der Waals surface area contributed by atoms with E-state index in [1.54, 1.807) is 4.90 Å². The molecule has 23 heavy (non-hydrogen) atoms. The van der Waals surface area contributed by atoms with Gasteiger partial charge in [0.05, 0.1) is 11.1 Å². The van der Waals surface area contributed by atoms with Crippen molar-refractivity contribution >= 4 is 41.6 Å². The van der Waals surface area contributed by atoms with Gasteiger partial charge in [0.1, 0.15) is 0 Å². The quantitative estimate of drug-likeness (QED) is 0.911. The molecule has 6 heteroatoms. The van der Waals surface area contributed by atoms with Gasteiger partial charge in [0.15, 0.2) is 0 Å². The second kappa shape index (κ2) is 8.48. The van der Waals surface area contributed by atoms with Gasteiger partial charge in [-0.2, -0.15) is 0 Å². The van der Waals surface area contributed by atoms with Gasteiger partial charge in [-0.1, -0.05) is 32.0 Å². The molecule has 4 nitrogen and oxygen atoms in total. The second-order valence-corrected chi connectivity index (χ2v) is 6.36. The minimum absolute atomic E-state index is 0. The fourth-order valence-corrected chi connectivity index (χ4v) is 2.40. The van der Waals surface area contributed by atoms with E-state index in [2.05, 4.69) is 18.8 Å². The van der Waals surface area contributed by atoms with E-state index < -0.39 is 0 Å².